The molecule has 1 heterocycles. The molecule has 4 nitrogen and oxygen atoms in total. The largest absolute Gasteiger partial charge is 0.508 e. The summed E-state index contributed by atoms with van der Waals surface area (Å²) < 4.78 is 7.69. The zero-order valence-electron chi connectivity index (χ0n) is 12.2. The summed E-state index contributed by atoms with van der Waals surface area (Å²) in [5.74, 6) is 1.05. The summed E-state index contributed by atoms with van der Waals surface area (Å²) in [4.78, 5) is 0. The van der Waals surface area contributed by atoms with E-state index in [1.54, 1.807) is 12.1 Å². The number of aryl methyl sites for hydroxylation is 2. The van der Waals surface area contributed by atoms with Gasteiger partial charge in [0, 0.05) is 7.05 Å². The van der Waals surface area contributed by atoms with E-state index in [2.05, 4.69) is 18.1 Å². The normalized spacial score (nSPS) is 11.0. The topological polar surface area (TPSA) is 47.3 Å². The van der Waals surface area contributed by atoms with Crippen molar-refractivity contribution in [3.05, 3.63) is 53.9 Å². The standard InChI is InChI=1S/C17H18N2O2/c1-3-14-10-15(19(2)18-14)11-21-17-7-5-12-4-6-16(20)8-13(12)9-17/h4-10,20H,3,11H2,1-2H3. The number of aromatic nitrogens is 2. The molecule has 0 saturated carbocycles. The Bertz CT molecular complexity index is 778. The number of hydrogen-bond donors (Lipinski definition) is 1. The molecule has 0 aliphatic carbocycles. The molecule has 4 heteroatoms. The lowest BCUT2D eigenvalue weighted by molar-refractivity contribution is 0.295. The van der Waals surface area contributed by atoms with E-state index in [0.717, 1.165) is 34.3 Å². The molecule has 0 amide bonds. The molecule has 108 valence electrons. The number of ether oxygens (including phenoxy) is 1. The van der Waals surface area contributed by atoms with Crippen LogP contribution >= 0.6 is 0 Å². The van der Waals surface area contributed by atoms with Crippen molar-refractivity contribution in [2.45, 2.75) is 20.0 Å². The van der Waals surface area contributed by atoms with Gasteiger partial charge in [-0.05, 0) is 47.5 Å². The van der Waals surface area contributed by atoms with Crippen LogP contribution in [0.1, 0.15) is 18.3 Å². The molecule has 1 aromatic heterocycles. The fourth-order valence-corrected chi connectivity index (χ4v) is 2.34. The molecule has 0 saturated heterocycles. The minimum atomic E-state index is 0.263. The molecular weight excluding hydrogens is 264 g/mol. The van der Waals surface area contributed by atoms with Crippen molar-refractivity contribution in [1.29, 1.82) is 0 Å². The summed E-state index contributed by atoms with van der Waals surface area (Å²) in [6, 6.07) is 13.2. The maximum absolute atomic E-state index is 9.54. The first kappa shape index (κ1) is 13.5. The smallest absolute Gasteiger partial charge is 0.130 e. The molecule has 0 atom stereocenters. The van der Waals surface area contributed by atoms with Crippen LogP contribution < -0.4 is 4.74 Å². The third-order valence-corrected chi connectivity index (χ3v) is 3.57. The van der Waals surface area contributed by atoms with Crippen LogP contribution in [0.2, 0.25) is 0 Å². The molecule has 0 bridgehead atoms. The van der Waals surface area contributed by atoms with Gasteiger partial charge in [0.05, 0.1) is 11.4 Å². The van der Waals surface area contributed by atoms with Gasteiger partial charge in [0.2, 0.25) is 0 Å². The second kappa shape index (κ2) is 5.48. The van der Waals surface area contributed by atoms with Gasteiger partial charge in [-0.15, -0.1) is 0 Å². The molecule has 0 aliphatic rings. The summed E-state index contributed by atoms with van der Waals surface area (Å²) in [6.45, 7) is 2.57. The van der Waals surface area contributed by atoms with Gasteiger partial charge in [0.25, 0.3) is 0 Å². The minimum Gasteiger partial charge on any atom is -0.508 e. The number of hydrogen-bond acceptors (Lipinski definition) is 3. The molecule has 0 spiro atoms. The summed E-state index contributed by atoms with van der Waals surface area (Å²) in [6.07, 6.45) is 0.920. The quantitative estimate of drug-likeness (QED) is 0.797. The van der Waals surface area contributed by atoms with E-state index in [4.69, 9.17) is 4.74 Å². The van der Waals surface area contributed by atoms with E-state index in [0.29, 0.717) is 6.61 Å². The Morgan fingerprint density at radius 3 is 2.67 bits per heavy atom. The molecule has 1 N–H and O–H groups in total. The van der Waals surface area contributed by atoms with E-state index < -0.39 is 0 Å². The van der Waals surface area contributed by atoms with Crippen LogP contribution in [-0.4, -0.2) is 14.9 Å². The summed E-state index contributed by atoms with van der Waals surface area (Å²) >= 11 is 0. The Hall–Kier alpha value is -2.49. The Labute approximate surface area is 123 Å². The molecular formula is C17H18N2O2. The van der Waals surface area contributed by atoms with Gasteiger partial charge in [0.15, 0.2) is 0 Å². The summed E-state index contributed by atoms with van der Waals surface area (Å²) in [5, 5.41) is 16.0. The molecule has 0 radical (unpaired) electrons. The second-order valence-electron chi connectivity index (χ2n) is 5.09. The highest BCUT2D eigenvalue weighted by Crippen LogP contribution is 2.25. The van der Waals surface area contributed by atoms with Crippen LogP contribution in [0.25, 0.3) is 10.8 Å². The number of fused-ring (bicyclic) bond motifs is 1. The van der Waals surface area contributed by atoms with Crippen LogP contribution in [-0.2, 0) is 20.1 Å². The van der Waals surface area contributed by atoms with E-state index in [9.17, 15) is 5.11 Å². The Morgan fingerprint density at radius 2 is 1.90 bits per heavy atom. The van der Waals surface area contributed by atoms with E-state index in [1.165, 1.54) is 0 Å². The SMILES string of the molecule is CCc1cc(COc2ccc3ccc(O)cc3c2)n(C)n1. The van der Waals surface area contributed by atoms with Crippen molar-refractivity contribution in [3.8, 4) is 11.5 Å². The highest BCUT2D eigenvalue weighted by Gasteiger charge is 2.05. The van der Waals surface area contributed by atoms with Crippen molar-refractivity contribution in [1.82, 2.24) is 9.78 Å². The highest BCUT2D eigenvalue weighted by molar-refractivity contribution is 5.85. The second-order valence-corrected chi connectivity index (χ2v) is 5.09. The first-order chi connectivity index (χ1) is 10.2. The van der Waals surface area contributed by atoms with Crippen molar-refractivity contribution < 1.29 is 9.84 Å². The summed E-state index contributed by atoms with van der Waals surface area (Å²) in [5.41, 5.74) is 2.11. The molecule has 21 heavy (non-hydrogen) atoms. The first-order valence-corrected chi connectivity index (χ1v) is 7.03. The molecule has 2 aromatic carbocycles. The predicted octanol–water partition coefficient (Wildman–Crippen LogP) is 3.42. The van der Waals surface area contributed by atoms with Gasteiger partial charge in [-0.3, -0.25) is 4.68 Å². The van der Waals surface area contributed by atoms with Crippen LogP contribution in [0.5, 0.6) is 11.5 Å². The zero-order chi connectivity index (χ0) is 14.8. The van der Waals surface area contributed by atoms with E-state index in [-0.39, 0.29) is 5.75 Å². The van der Waals surface area contributed by atoms with Crippen LogP contribution in [0, 0.1) is 0 Å². The van der Waals surface area contributed by atoms with Crippen LogP contribution in [0.15, 0.2) is 42.5 Å². The fourth-order valence-electron chi connectivity index (χ4n) is 2.34. The molecule has 3 aromatic rings. The molecule has 3 rings (SSSR count). The average Bonchev–Trinajstić information content (AvgIpc) is 2.85. The van der Waals surface area contributed by atoms with E-state index >= 15 is 0 Å². The first-order valence-electron chi connectivity index (χ1n) is 7.03. The molecule has 0 unspecified atom stereocenters. The number of phenolic OH excluding ortho intramolecular Hbond substituents is 1. The van der Waals surface area contributed by atoms with Crippen molar-refractivity contribution in [2.24, 2.45) is 7.05 Å². The van der Waals surface area contributed by atoms with Crippen molar-refractivity contribution in [2.75, 3.05) is 0 Å². The maximum Gasteiger partial charge on any atom is 0.130 e. The van der Waals surface area contributed by atoms with E-state index in [1.807, 2.05) is 36.0 Å². The number of aromatic hydroxyl groups is 1. The number of phenols is 1. The lowest BCUT2D eigenvalue weighted by Crippen LogP contribution is -2.02. The average molecular weight is 282 g/mol. The lowest BCUT2D eigenvalue weighted by Gasteiger charge is -2.07. The minimum absolute atomic E-state index is 0.263. The number of nitrogens with zero attached hydrogens (tertiary/aromatic N) is 2. The van der Waals surface area contributed by atoms with Crippen molar-refractivity contribution >= 4 is 10.8 Å². The van der Waals surface area contributed by atoms with Crippen molar-refractivity contribution in [3.63, 3.8) is 0 Å². The van der Waals surface area contributed by atoms with Gasteiger partial charge in [-0.2, -0.15) is 5.10 Å². The van der Waals surface area contributed by atoms with Gasteiger partial charge < -0.3 is 9.84 Å². The lowest BCUT2D eigenvalue weighted by atomic mass is 10.1. The highest BCUT2D eigenvalue weighted by atomic mass is 16.5. The third kappa shape index (κ3) is 2.84. The summed E-state index contributed by atoms with van der Waals surface area (Å²) in [7, 11) is 1.93. The van der Waals surface area contributed by atoms with Crippen LogP contribution in [0.3, 0.4) is 0 Å². The van der Waals surface area contributed by atoms with Gasteiger partial charge in [-0.25, -0.2) is 0 Å². The molecule has 0 aliphatic heterocycles. The maximum atomic E-state index is 9.54. The third-order valence-electron chi connectivity index (χ3n) is 3.57. The Kier molecular flexibility index (Phi) is 3.52. The zero-order valence-corrected chi connectivity index (χ0v) is 12.2. The fraction of sp³-hybridized carbons (Fsp3) is 0.235. The number of benzene rings is 2. The van der Waals surface area contributed by atoms with Gasteiger partial charge >= 0.3 is 0 Å². The van der Waals surface area contributed by atoms with Gasteiger partial charge in [-0.1, -0.05) is 19.1 Å². The van der Waals surface area contributed by atoms with Gasteiger partial charge in [0.1, 0.15) is 18.1 Å². The van der Waals surface area contributed by atoms with Crippen LogP contribution in [0.4, 0.5) is 0 Å². The number of rotatable bonds is 4. The Morgan fingerprint density at radius 1 is 1.10 bits per heavy atom. The Balaban J connectivity index is 1.79. The monoisotopic (exact) mass is 282 g/mol. The molecule has 0 fully saturated rings. The predicted molar refractivity (Wildman–Crippen MR) is 82.5 cm³/mol.